The van der Waals surface area contributed by atoms with Crippen LogP contribution in [-0.2, 0) is 17.1 Å². The number of carbonyl (C=O) groups is 1. The van der Waals surface area contributed by atoms with Gasteiger partial charge in [0.25, 0.3) is 5.91 Å². The molecule has 1 amide bonds. The highest BCUT2D eigenvalue weighted by Gasteiger charge is 2.32. The zero-order valence-electron chi connectivity index (χ0n) is 16.7. The summed E-state index contributed by atoms with van der Waals surface area (Å²) in [4.78, 5) is 14.8. The highest BCUT2D eigenvalue weighted by Crippen LogP contribution is 2.22. The Kier molecular flexibility index (Phi) is 5.76. The maximum absolute atomic E-state index is 12.9. The SMILES string of the molecule is CCOc1ccc(S(=O)(=O)N2CCN(C(=O)c3c(C)nn(C)c3C)CC2)cc1. The Morgan fingerprint density at radius 3 is 2.21 bits per heavy atom. The summed E-state index contributed by atoms with van der Waals surface area (Å²) in [6.07, 6.45) is 0. The molecule has 0 saturated carbocycles. The second-order valence-corrected chi connectivity index (χ2v) is 8.71. The van der Waals surface area contributed by atoms with Crippen LogP contribution in [0.1, 0.15) is 28.7 Å². The fourth-order valence-corrected chi connectivity index (χ4v) is 4.82. The first-order valence-electron chi connectivity index (χ1n) is 9.28. The van der Waals surface area contributed by atoms with Crippen LogP contribution in [-0.4, -0.2) is 66.1 Å². The summed E-state index contributed by atoms with van der Waals surface area (Å²) in [5.74, 6) is 0.542. The van der Waals surface area contributed by atoms with Gasteiger partial charge in [0, 0.05) is 38.9 Å². The molecule has 0 unspecified atom stereocenters. The van der Waals surface area contributed by atoms with Gasteiger partial charge < -0.3 is 9.64 Å². The molecular formula is C19H26N4O4S. The number of aryl methyl sites for hydroxylation is 2. The molecule has 2 heterocycles. The van der Waals surface area contributed by atoms with Gasteiger partial charge in [0.15, 0.2) is 0 Å². The Morgan fingerprint density at radius 2 is 1.71 bits per heavy atom. The first-order chi connectivity index (χ1) is 13.3. The van der Waals surface area contributed by atoms with E-state index >= 15 is 0 Å². The van der Waals surface area contributed by atoms with Gasteiger partial charge in [0.1, 0.15) is 5.75 Å². The lowest BCUT2D eigenvalue weighted by Crippen LogP contribution is -2.50. The summed E-state index contributed by atoms with van der Waals surface area (Å²) in [6.45, 7) is 7.30. The van der Waals surface area contributed by atoms with E-state index in [1.807, 2.05) is 20.8 Å². The topological polar surface area (TPSA) is 84.7 Å². The monoisotopic (exact) mass is 406 g/mol. The Bertz CT molecular complexity index is 959. The fraction of sp³-hybridized carbons (Fsp3) is 0.474. The van der Waals surface area contributed by atoms with E-state index in [0.717, 1.165) is 5.69 Å². The minimum atomic E-state index is -3.60. The lowest BCUT2D eigenvalue weighted by molar-refractivity contribution is 0.0696. The van der Waals surface area contributed by atoms with Crippen molar-refractivity contribution in [2.24, 2.45) is 7.05 Å². The standard InChI is InChI=1S/C19H26N4O4S/c1-5-27-16-6-8-17(9-7-16)28(25,26)23-12-10-22(11-13-23)19(24)18-14(2)20-21(4)15(18)3/h6-9H,5,10-13H2,1-4H3. The molecular weight excluding hydrogens is 380 g/mol. The van der Waals surface area contributed by atoms with Gasteiger partial charge in [-0.15, -0.1) is 0 Å². The van der Waals surface area contributed by atoms with Gasteiger partial charge in [-0.3, -0.25) is 9.48 Å². The van der Waals surface area contributed by atoms with E-state index < -0.39 is 10.0 Å². The Labute approximate surface area is 165 Å². The molecule has 3 rings (SSSR count). The number of carbonyl (C=O) groups excluding carboxylic acids is 1. The molecule has 1 aromatic carbocycles. The number of hydrogen-bond donors (Lipinski definition) is 0. The van der Waals surface area contributed by atoms with E-state index in [9.17, 15) is 13.2 Å². The van der Waals surface area contributed by atoms with E-state index in [1.165, 1.54) is 4.31 Å². The lowest BCUT2D eigenvalue weighted by Gasteiger charge is -2.34. The Balaban J connectivity index is 1.69. The number of rotatable bonds is 5. The van der Waals surface area contributed by atoms with Gasteiger partial charge in [-0.05, 0) is 45.0 Å². The van der Waals surface area contributed by atoms with Crippen molar-refractivity contribution in [3.8, 4) is 5.75 Å². The van der Waals surface area contributed by atoms with Crippen LogP contribution < -0.4 is 4.74 Å². The maximum atomic E-state index is 12.9. The summed E-state index contributed by atoms with van der Waals surface area (Å²) in [6, 6.07) is 6.43. The van der Waals surface area contributed by atoms with Gasteiger partial charge in [0.2, 0.25) is 10.0 Å². The zero-order valence-corrected chi connectivity index (χ0v) is 17.5. The Hall–Kier alpha value is -2.39. The molecule has 1 saturated heterocycles. The van der Waals surface area contributed by atoms with Crippen molar-refractivity contribution in [1.29, 1.82) is 0 Å². The first kappa shape index (κ1) is 20.3. The van der Waals surface area contributed by atoms with Gasteiger partial charge >= 0.3 is 0 Å². The smallest absolute Gasteiger partial charge is 0.257 e. The third kappa shape index (κ3) is 3.77. The highest BCUT2D eigenvalue weighted by atomic mass is 32.2. The molecule has 8 nitrogen and oxygen atoms in total. The van der Waals surface area contributed by atoms with Crippen molar-refractivity contribution >= 4 is 15.9 Å². The number of benzene rings is 1. The molecule has 28 heavy (non-hydrogen) atoms. The molecule has 152 valence electrons. The van der Waals surface area contributed by atoms with Crippen molar-refractivity contribution in [2.75, 3.05) is 32.8 Å². The van der Waals surface area contributed by atoms with Crippen molar-refractivity contribution < 1.29 is 17.9 Å². The zero-order chi connectivity index (χ0) is 20.5. The van der Waals surface area contributed by atoms with E-state index in [2.05, 4.69) is 5.10 Å². The van der Waals surface area contributed by atoms with Crippen molar-refractivity contribution in [2.45, 2.75) is 25.7 Å². The minimum Gasteiger partial charge on any atom is -0.494 e. The molecule has 1 aromatic heterocycles. The van der Waals surface area contributed by atoms with Crippen LogP contribution in [0.5, 0.6) is 5.75 Å². The lowest BCUT2D eigenvalue weighted by atomic mass is 10.1. The molecule has 0 bridgehead atoms. The Morgan fingerprint density at radius 1 is 1.11 bits per heavy atom. The van der Waals surface area contributed by atoms with Gasteiger partial charge in [-0.2, -0.15) is 9.40 Å². The molecule has 0 radical (unpaired) electrons. The third-order valence-electron chi connectivity index (χ3n) is 5.02. The summed E-state index contributed by atoms with van der Waals surface area (Å²) in [5, 5.41) is 4.29. The molecule has 9 heteroatoms. The van der Waals surface area contributed by atoms with E-state index in [4.69, 9.17) is 4.74 Å². The normalized spacial score (nSPS) is 15.6. The van der Waals surface area contributed by atoms with E-state index in [0.29, 0.717) is 36.7 Å². The summed E-state index contributed by atoms with van der Waals surface area (Å²) in [5.41, 5.74) is 2.10. The second-order valence-electron chi connectivity index (χ2n) is 6.77. The van der Waals surface area contributed by atoms with Crippen LogP contribution in [0.2, 0.25) is 0 Å². The molecule has 1 aliphatic rings. The number of amides is 1. The number of aromatic nitrogens is 2. The van der Waals surface area contributed by atoms with Crippen LogP contribution in [0.4, 0.5) is 0 Å². The largest absolute Gasteiger partial charge is 0.494 e. The predicted molar refractivity (Wildman–Crippen MR) is 105 cm³/mol. The second kappa shape index (κ2) is 7.92. The number of ether oxygens (including phenoxy) is 1. The predicted octanol–water partition coefficient (Wildman–Crippen LogP) is 1.58. The van der Waals surface area contributed by atoms with Crippen LogP contribution in [0, 0.1) is 13.8 Å². The van der Waals surface area contributed by atoms with Crippen molar-refractivity contribution in [1.82, 2.24) is 19.0 Å². The average molecular weight is 407 g/mol. The van der Waals surface area contributed by atoms with Crippen LogP contribution in [0.15, 0.2) is 29.2 Å². The number of nitrogens with zero attached hydrogens (tertiary/aromatic N) is 4. The summed E-state index contributed by atoms with van der Waals surface area (Å²) >= 11 is 0. The first-order valence-corrected chi connectivity index (χ1v) is 10.7. The van der Waals surface area contributed by atoms with Crippen LogP contribution in [0.3, 0.4) is 0 Å². The number of sulfonamides is 1. The fourth-order valence-electron chi connectivity index (χ4n) is 3.40. The van der Waals surface area contributed by atoms with Crippen LogP contribution >= 0.6 is 0 Å². The molecule has 2 aromatic rings. The molecule has 1 fully saturated rings. The number of hydrogen-bond acceptors (Lipinski definition) is 5. The van der Waals surface area contributed by atoms with Crippen LogP contribution in [0.25, 0.3) is 0 Å². The van der Waals surface area contributed by atoms with Gasteiger partial charge in [0.05, 0.1) is 22.8 Å². The quantitative estimate of drug-likeness (QED) is 0.753. The van der Waals surface area contributed by atoms with Gasteiger partial charge in [-0.25, -0.2) is 8.42 Å². The molecule has 1 aliphatic heterocycles. The molecule has 0 aliphatic carbocycles. The van der Waals surface area contributed by atoms with E-state index in [-0.39, 0.29) is 23.9 Å². The van der Waals surface area contributed by atoms with Crippen molar-refractivity contribution in [3.05, 3.63) is 41.2 Å². The molecule has 0 atom stereocenters. The molecule has 0 N–H and O–H groups in total. The summed E-state index contributed by atoms with van der Waals surface area (Å²) < 4.78 is 34.2. The number of piperazine rings is 1. The maximum Gasteiger partial charge on any atom is 0.257 e. The van der Waals surface area contributed by atoms with Crippen molar-refractivity contribution in [3.63, 3.8) is 0 Å². The average Bonchev–Trinajstić information content (AvgIpc) is 2.94. The third-order valence-corrected chi connectivity index (χ3v) is 6.93. The van der Waals surface area contributed by atoms with E-state index in [1.54, 1.807) is 40.9 Å². The minimum absolute atomic E-state index is 0.0961. The molecule has 0 spiro atoms. The summed E-state index contributed by atoms with van der Waals surface area (Å²) in [7, 11) is -1.79. The van der Waals surface area contributed by atoms with Gasteiger partial charge in [-0.1, -0.05) is 0 Å². The highest BCUT2D eigenvalue weighted by molar-refractivity contribution is 7.89.